The molecule has 0 aliphatic heterocycles. The molecule has 0 atom stereocenters. The lowest BCUT2D eigenvalue weighted by Gasteiger charge is -2.10. The van der Waals surface area contributed by atoms with Crippen molar-refractivity contribution in [3.05, 3.63) is 50.8 Å². The van der Waals surface area contributed by atoms with Gasteiger partial charge in [-0.25, -0.2) is 4.79 Å². The number of nitrogens with zero attached hydrogens (tertiary/aromatic N) is 2. The van der Waals surface area contributed by atoms with Gasteiger partial charge in [0.2, 0.25) is 0 Å². The Morgan fingerprint density at radius 3 is 2.45 bits per heavy atom. The lowest BCUT2D eigenvalue weighted by atomic mass is 10.1. The Morgan fingerprint density at radius 2 is 1.85 bits per heavy atom. The van der Waals surface area contributed by atoms with Gasteiger partial charge in [0, 0.05) is 17.5 Å². The number of H-pyrrole nitrogens is 1. The Balaban J connectivity index is 2.35. The van der Waals surface area contributed by atoms with Gasteiger partial charge in [0.25, 0.3) is 5.91 Å². The molecule has 1 amide bonds. The van der Waals surface area contributed by atoms with Crippen molar-refractivity contribution in [1.29, 1.82) is 0 Å². The molecule has 20 heavy (non-hydrogen) atoms. The Hall–Kier alpha value is -2.50. The summed E-state index contributed by atoms with van der Waals surface area (Å²) in [5.41, 5.74) is 3.01. The number of hydrogen-bond donors (Lipinski definition) is 2. The van der Waals surface area contributed by atoms with Crippen LogP contribution < -0.4 is 11.0 Å². The molecule has 2 rings (SSSR count). The topological polar surface area (TPSA) is 87.7 Å². The zero-order valence-corrected chi connectivity index (χ0v) is 11.9. The van der Waals surface area contributed by atoms with Crippen LogP contribution in [-0.4, -0.2) is 20.9 Å². The number of nitrogens with one attached hydrogen (secondary N) is 2. The average Bonchev–Trinajstić information content (AvgIpc) is 2.25. The molecule has 0 unspecified atom stereocenters. The van der Waals surface area contributed by atoms with E-state index in [4.69, 9.17) is 0 Å². The third-order valence-electron chi connectivity index (χ3n) is 2.87. The maximum absolute atomic E-state index is 12.3. The van der Waals surface area contributed by atoms with Crippen LogP contribution in [0.25, 0.3) is 0 Å². The molecule has 0 aromatic carbocycles. The van der Waals surface area contributed by atoms with Gasteiger partial charge in [0.1, 0.15) is 5.82 Å². The molecular weight excluding hydrogens is 256 g/mol. The summed E-state index contributed by atoms with van der Waals surface area (Å²) >= 11 is 0. The van der Waals surface area contributed by atoms with Crippen LogP contribution in [0.1, 0.15) is 33.0 Å². The van der Waals surface area contributed by atoms with Gasteiger partial charge in [-0.15, -0.1) is 0 Å². The normalized spacial score (nSPS) is 10.4. The molecule has 6 nitrogen and oxygen atoms in total. The van der Waals surface area contributed by atoms with Crippen molar-refractivity contribution >= 4 is 11.7 Å². The molecule has 2 heterocycles. The monoisotopic (exact) mass is 272 g/mol. The van der Waals surface area contributed by atoms with E-state index in [1.54, 1.807) is 19.9 Å². The smallest absolute Gasteiger partial charge is 0.310 e. The number of carbonyl (C=O) groups is 1. The molecule has 0 bridgehead atoms. The molecule has 0 spiro atoms. The number of amides is 1. The van der Waals surface area contributed by atoms with Crippen LogP contribution >= 0.6 is 0 Å². The van der Waals surface area contributed by atoms with Crippen LogP contribution in [0.4, 0.5) is 5.82 Å². The summed E-state index contributed by atoms with van der Waals surface area (Å²) in [6.45, 7) is 7.24. The van der Waals surface area contributed by atoms with Crippen molar-refractivity contribution in [2.45, 2.75) is 27.7 Å². The summed E-state index contributed by atoms with van der Waals surface area (Å²) in [4.78, 5) is 34.1. The first kappa shape index (κ1) is 13.9. The number of anilines is 1. The molecule has 0 fully saturated rings. The van der Waals surface area contributed by atoms with Crippen molar-refractivity contribution in [1.82, 2.24) is 15.0 Å². The summed E-state index contributed by atoms with van der Waals surface area (Å²) in [5.74, 6) is -0.0828. The highest BCUT2D eigenvalue weighted by Crippen LogP contribution is 2.15. The maximum Gasteiger partial charge on any atom is 0.347 e. The second-order valence-corrected chi connectivity index (χ2v) is 4.75. The predicted molar refractivity (Wildman–Crippen MR) is 76.0 cm³/mol. The number of aromatic amines is 1. The number of aryl methyl sites for hydroxylation is 4. The molecule has 6 heteroatoms. The molecule has 2 aromatic rings. The van der Waals surface area contributed by atoms with E-state index in [9.17, 15) is 9.59 Å². The predicted octanol–water partition coefficient (Wildman–Crippen LogP) is 1.65. The minimum absolute atomic E-state index is 0.232. The zero-order valence-electron chi connectivity index (χ0n) is 11.9. The van der Waals surface area contributed by atoms with Crippen LogP contribution in [0, 0.1) is 27.7 Å². The average molecular weight is 272 g/mol. The quantitative estimate of drug-likeness (QED) is 0.870. The number of hydrogen-bond acceptors (Lipinski definition) is 4. The number of aromatic nitrogens is 3. The van der Waals surface area contributed by atoms with Crippen molar-refractivity contribution in [2.75, 3.05) is 5.32 Å². The van der Waals surface area contributed by atoms with E-state index in [-0.39, 0.29) is 11.7 Å². The second kappa shape index (κ2) is 5.24. The fraction of sp³-hybridized carbons (Fsp3) is 0.286. The van der Waals surface area contributed by atoms with E-state index >= 15 is 0 Å². The lowest BCUT2D eigenvalue weighted by Crippen LogP contribution is -2.20. The lowest BCUT2D eigenvalue weighted by molar-refractivity contribution is 0.102. The molecular formula is C14H16N4O2. The summed E-state index contributed by atoms with van der Waals surface area (Å²) < 4.78 is 0. The highest BCUT2D eigenvalue weighted by atomic mass is 16.2. The maximum atomic E-state index is 12.3. The van der Waals surface area contributed by atoms with Gasteiger partial charge in [-0.2, -0.15) is 4.98 Å². The van der Waals surface area contributed by atoms with E-state index in [1.807, 2.05) is 19.9 Å². The highest BCUT2D eigenvalue weighted by Gasteiger charge is 2.15. The number of rotatable bonds is 2. The van der Waals surface area contributed by atoms with E-state index in [0.29, 0.717) is 17.0 Å². The summed E-state index contributed by atoms with van der Waals surface area (Å²) in [6.07, 6.45) is 0. The van der Waals surface area contributed by atoms with Crippen LogP contribution in [0.5, 0.6) is 0 Å². The molecule has 0 saturated carbocycles. The Bertz CT molecular complexity index is 711. The van der Waals surface area contributed by atoms with Gasteiger partial charge >= 0.3 is 5.69 Å². The first-order valence-electron chi connectivity index (χ1n) is 6.21. The van der Waals surface area contributed by atoms with Gasteiger partial charge in [0.15, 0.2) is 0 Å². The molecule has 0 aliphatic rings. The van der Waals surface area contributed by atoms with Crippen molar-refractivity contribution in [2.24, 2.45) is 0 Å². The number of carbonyl (C=O) groups excluding carboxylic acids is 1. The first-order chi connectivity index (χ1) is 9.36. The van der Waals surface area contributed by atoms with Crippen molar-refractivity contribution < 1.29 is 4.79 Å². The summed E-state index contributed by atoms with van der Waals surface area (Å²) in [7, 11) is 0. The molecule has 2 aromatic heterocycles. The minimum atomic E-state index is -0.490. The molecule has 104 valence electrons. The number of pyridine rings is 1. The van der Waals surface area contributed by atoms with Gasteiger partial charge < -0.3 is 10.3 Å². The largest absolute Gasteiger partial charge is 0.347 e. The SMILES string of the molecule is Cc1cc(C)c(C(=O)Nc2cc(C)[nH]c(=O)n2)c(C)n1. The second-order valence-electron chi connectivity index (χ2n) is 4.75. The van der Waals surface area contributed by atoms with Crippen LogP contribution in [-0.2, 0) is 0 Å². The fourth-order valence-electron chi connectivity index (χ4n) is 2.19. The van der Waals surface area contributed by atoms with E-state index < -0.39 is 5.69 Å². The summed E-state index contributed by atoms with van der Waals surface area (Å²) in [5, 5.41) is 2.63. The standard InChI is InChI=1S/C14H16N4O2/c1-7-5-8(2)15-10(4)12(7)13(19)17-11-6-9(3)16-14(20)18-11/h5-6H,1-4H3,(H2,16,17,18,19,20). The minimum Gasteiger partial charge on any atom is -0.310 e. The highest BCUT2D eigenvalue weighted by molar-refractivity contribution is 6.05. The van der Waals surface area contributed by atoms with E-state index in [2.05, 4.69) is 20.3 Å². The first-order valence-corrected chi connectivity index (χ1v) is 6.21. The molecule has 0 aliphatic carbocycles. The van der Waals surface area contributed by atoms with Crippen LogP contribution in [0.3, 0.4) is 0 Å². The van der Waals surface area contributed by atoms with Gasteiger partial charge in [-0.1, -0.05) is 0 Å². The zero-order chi connectivity index (χ0) is 14.9. The van der Waals surface area contributed by atoms with Gasteiger partial charge in [0.05, 0.1) is 11.3 Å². The molecule has 2 N–H and O–H groups in total. The molecule has 0 saturated heterocycles. The summed E-state index contributed by atoms with van der Waals surface area (Å²) in [6, 6.07) is 3.45. The van der Waals surface area contributed by atoms with Gasteiger partial charge in [-0.05, 0) is 39.3 Å². The van der Waals surface area contributed by atoms with Crippen LogP contribution in [0.15, 0.2) is 16.9 Å². The molecule has 0 radical (unpaired) electrons. The third-order valence-corrected chi connectivity index (χ3v) is 2.87. The van der Waals surface area contributed by atoms with Crippen molar-refractivity contribution in [3.63, 3.8) is 0 Å². The Morgan fingerprint density at radius 1 is 1.15 bits per heavy atom. The third kappa shape index (κ3) is 2.90. The Labute approximate surface area is 116 Å². The van der Waals surface area contributed by atoms with E-state index in [0.717, 1.165) is 11.3 Å². The van der Waals surface area contributed by atoms with Gasteiger partial charge in [-0.3, -0.25) is 9.78 Å². The van der Waals surface area contributed by atoms with Crippen molar-refractivity contribution in [3.8, 4) is 0 Å². The Kier molecular flexibility index (Phi) is 3.65. The van der Waals surface area contributed by atoms with Crippen LogP contribution in [0.2, 0.25) is 0 Å². The fourth-order valence-corrected chi connectivity index (χ4v) is 2.19. The van der Waals surface area contributed by atoms with E-state index in [1.165, 1.54) is 0 Å².